The summed E-state index contributed by atoms with van der Waals surface area (Å²) < 4.78 is 13.4. The van der Waals surface area contributed by atoms with E-state index in [1.165, 1.54) is 50.2 Å². The quantitative estimate of drug-likeness (QED) is 0.428. The average Bonchev–Trinajstić information content (AvgIpc) is 2.82. The summed E-state index contributed by atoms with van der Waals surface area (Å²) in [5.41, 5.74) is 4.17. The molecule has 1 aromatic heterocycles. The average molecular weight is 434 g/mol. The van der Waals surface area contributed by atoms with Crippen LogP contribution in [-0.4, -0.2) is 4.98 Å². The molecular formula is C30H40FN. The zero-order valence-electron chi connectivity index (χ0n) is 20.2. The summed E-state index contributed by atoms with van der Waals surface area (Å²) in [6, 6.07) is 10.8. The van der Waals surface area contributed by atoms with Gasteiger partial charge in [-0.2, -0.15) is 0 Å². The highest BCUT2D eigenvalue weighted by Gasteiger charge is 2.36. The molecule has 1 aromatic carbocycles. The fourth-order valence-corrected chi connectivity index (χ4v) is 5.38. The Bertz CT molecular complexity index is 876. The molecule has 2 fully saturated rings. The molecular weight excluding hydrogens is 393 g/mol. The highest BCUT2D eigenvalue weighted by Crippen LogP contribution is 2.46. The van der Waals surface area contributed by atoms with E-state index in [1.807, 2.05) is 24.4 Å². The molecule has 2 aliphatic carbocycles. The van der Waals surface area contributed by atoms with E-state index in [0.29, 0.717) is 5.92 Å². The molecule has 2 aliphatic rings. The summed E-state index contributed by atoms with van der Waals surface area (Å²) in [4.78, 5) is 4.58. The Morgan fingerprint density at radius 1 is 1.06 bits per heavy atom. The molecule has 32 heavy (non-hydrogen) atoms. The first-order valence-electron chi connectivity index (χ1n) is 12.6. The van der Waals surface area contributed by atoms with Gasteiger partial charge in [-0.3, -0.25) is 4.98 Å². The van der Waals surface area contributed by atoms with Gasteiger partial charge in [0.1, 0.15) is 5.82 Å². The van der Waals surface area contributed by atoms with Gasteiger partial charge in [0.05, 0.1) is 5.69 Å². The van der Waals surface area contributed by atoms with Crippen LogP contribution in [0.3, 0.4) is 0 Å². The molecule has 0 N–H and O–H groups in total. The van der Waals surface area contributed by atoms with E-state index in [0.717, 1.165) is 47.4 Å². The maximum atomic E-state index is 13.4. The number of fused-ring (bicyclic) bond motifs is 1. The Morgan fingerprint density at radius 2 is 1.84 bits per heavy atom. The van der Waals surface area contributed by atoms with Crippen LogP contribution in [0.4, 0.5) is 4.39 Å². The molecule has 4 unspecified atom stereocenters. The van der Waals surface area contributed by atoms with Gasteiger partial charge in [-0.05, 0) is 85.6 Å². The summed E-state index contributed by atoms with van der Waals surface area (Å²) in [6.07, 6.45) is 17.1. The van der Waals surface area contributed by atoms with E-state index in [2.05, 4.69) is 44.5 Å². The summed E-state index contributed by atoms with van der Waals surface area (Å²) >= 11 is 0. The molecule has 0 radical (unpaired) electrons. The summed E-state index contributed by atoms with van der Waals surface area (Å²) in [7, 11) is 0. The van der Waals surface area contributed by atoms with Crippen LogP contribution in [-0.2, 0) is 0 Å². The molecule has 4 rings (SSSR count). The standard InChI is InChI=1S/C24H28FN.C6H12/c1-17-13-19-5-2-3-8-24(19)20(14-17)9-11-23-12-10-21(16-26-23)18-6-4-7-22(25)15-18;1-4-6(3)5-2/h4,6-7,9-12,15-17,19-20,24H,2-3,5,8,13-14H2,1H3;3-5H2,1-2H3/b11-9+;. The van der Waals surface area contributed by atoms with Gasteiger partial charge < -0.3 is 0 Å². The molecule has 0 aliphatic heterocycles. The fraction of sp³-hybridized carbons (Fsp3) is 0.500. The van der Waals surface area contributed by atoms with E-state index in [4.69, 9.17) is 0 Å². The van der Waals surface area contributed by atoms with Crippen molar-refractivity contribution < 1.29 is 4.39 Å². The van der Waals surface area contributed by atoms with Crippen molar-refractivity contribution in [1.29, 1.82) is 0 Å². The van der Waals surface area contributed by atoms with Crippen LogP contribution in [0.5, 0.6) is 0 Å². The molecule has 1 heterocycles. The lowest BCUT2D eigenvalue weighted by molar-refractivity contribution is 0.0974. The Labute approximate surface area is 194 Å². The van der Waals surface area contributed by atoms with Gasteiger partial charge in [-0.1, -0.05) is 76.5 Å². The number of aromatic nitrogens is 1. The van der Waals surface area contributed by atoms with Crippen LogP contribution in [0.15, 0.2) is 60.8 Å². The second-order valence-corrected chi connectivity index (χ2v) is 9.75. The third kappa shape index (κ3) is 6.89. The van der Waals surface area contributed by atoms with Crippen LogP contribution in [0.1, 0.15) is 77.8 Å². The second kappa shape index (κ2) is 12.1. The first-order chi connectivity index (χ1) is 15.5. The van der Waals surface area contributed by atoms with E-state index in [9.17, 15) is 4.39 Å². The van der Waals surface area contributed by atoms with E-state index >= 15 is 0 Å². The van der Waals surface area contributed by atoms with Gasteiger partial charge in [-0.15, -0.1) is 0 Å². The molecule has 1 nitrogen and oxygen atoms in total. The third-order valence-corrected chi connectivity index (χ3v) is 7.36. The summed E-state index contributed by atoms with van der Waals surface area (Å²) in [6.45, 7) is 10.5. The smallest absolute Gasteiger partial charge is 0.123 e. The van der Waals surface area contributed by atoms with Crippen molar-refractivity contribution in [3.63, 3.8) is 0 Å². The van der Waals surface area contributed by atoms with Crippen LogP contribution < -0.4 is 0 Å². The van der Waals surface area contributed by atoms with Crippen molar-refractivity contribution in [2.24, 2.45) is 23.7 Å². The highest BCUT2D eigenvalue weighted by atomic mass is 19.1. The van der Waals surface area contributed by atoms with Crippen LogP contribution in [0.25, 0.3) is 17.2 Å². The maximum absolute atomic E-state index is 13.4. The molecule has 2 aromatic rings. The van der Waals surface area contributed by atoms with Gasteiger partial charge in [0.25, 0.3) is 0 Å². The largest absolute Gasteiger partial charge is 0.256 e. The Morgan fingerprint density at radius 3 is 2.50 bits per heavy atom. The highest BCUT2D eigenvalue weighted by molar-refractivity contribution is 5.63. The second-order valence-electron chi connectivity index (χ2n) is 9.75. The number of nitrogens with zero attached hydrogens (tertiary/aromatic N) is 1. The van der Waals surface area contributed by atoms with Crippen molar-refractivity contribution >= 4 is 6.08 Å². The first-order valence-corrected chi connectivity index (χ1v) is 12.6. The lowest BCUT2D eigenvalue weighted by Crippen LogP contribution is -2.33. The lowest BCUT2D eigenvalue weighted by atomic mass is 9.63. The molecule has 0 bridgehead atoms. The zero-order valence-corrected chi connectivity index (χ0v) is 20.2. The van der Waals surface area contributed by atoms with Gasteiger partial charge >= 0.3 is 0 Å². The van der Waals surface area contributed by atoms with E-state index < -0.39 is 0 Å². The van der Waals surface area contributed by atoms with Crippen LogP contribution in [0.2, 0.25) is 0 Å². The number of pyridine rings is 1. The van der Waals surface area contributed by atoms with Crippen molar-refractivity contribution in [3.8, 4) is 11.1 Å². The van der Waals surface area contributed by atoms with Crippen LogP contribution >= 0.6 is 0 Å². The normalized spacial score (nSPS) is 25.0. The van der Waals surface area contributed by atoms with Gasteiger partial charge in [0, 0.05) is 11.8 Å². The molecule has 2 heteroatoms. The van der Waals surface area contributed by atoms with Crippen molar-refractivity contribution in [1.82, 2.24) is 4.98 Å². The number of hydrogen-bond acceptors (Lipinski definition) is 1. The molecule has 4 atom stereocenters. The van der Waals surface area contributed by atoms with Gasteiger partial charge in [-0.25, -0.2) is 4.39 Å². The Balaban J connectivity index is 0.000000427. The molecule has 0 saturated heterocycles. The number of hydrogen-bond donors (Lipinski definition) is 0. The Kier molecular flexibility index (Phi) is 9.26. The van der Waals surface area contributed by atoms with Crippen LogP contribution in [0, 0.1) is 29.5 Å². The minimum Gasteiger partial charge on any atom is -0.256 e. The topological polar surface area (TPSA) is 12.9 Å². The number of allylic oxidation sites excluding steroid dienone is 2. The predicted octanol–water partition coefficient (Wildman–Crippen LogP) is 9.12. The first kappa shape index (κ1) is 24.4. The number of rotatable bonds is 5. The van der Waals surface area contributed by atoms with Crippen molar-refractivity contribution in [2.75, 3.05) is 0 Å². The minimum absolute atomic E-state index is 0.208. The van der Waals surface area contributed by atoms with Crippen molar-refractivity contribution in [2.45, 2.75) is 72.1 Å². The van der Waals surface area contributed by atoms with E-state index in [-0.39, 0.29) is 5.82 Å². The third-order valence-electron chi connectivity index (χ3n) is 7.36. The lowest BCUT2D eigenvalue weighted by Gasteiger charge is -2.43. The summed E-state index contributed by atoms with van der Waals surface area (Å²) in [5, 5.41) is 0. The monoisotopic (exact) mass is 433 g/mol. The van der Waals surface area contributed by atoms with E-state index in [1.54, 1.807) is 12.1 Å². The number of benzene rings is 1. The minimum atomic E-state index is -0.208. The molecule has 0 amide bonds. The predicted molar refractivity (Wildman–Crippen MR) is 136 cm³/mol. The number of halogens is 1. The molecule has 0 spiro atoms. The Hall–Kier alpha value is -2.22. The SMILES string of the molecule is C=C(CC)CC.CC1CC(/C=C/c2ccc(-c3cccc(F)c3)cn2)C2CCCCC2C1. The maximum Gasteiger partial charge on any atom is 0.123 e. The molecule has 2 saturated carbocycles. The van der Waals surface area contributed by atoms with Gasteiger partial charge in [0.15, 0.2) is 0 Å². The zero-order chi connectivity index (χ0) is 22.9. The van der Waals surface area contributed by atoms with Gasteiger partial charge in [0.2, 0.25) is 0 Å². The fourth-order valence-electron chi connectivity index (χ4n) is 5.38. The summed E-state index contributed by atoms with van der Waals surface area (Å²) in [5.74, 6) is 3.15. The molecule has 172 valence electrons. The van der Waals surface area contributed by atoms with Crippen molar-refractivity contribution in [3.05, 3.63) is 72.3 Å².